The van der Waals surface area contributed by atoms with Crippen molar-refractivity contribution in [3.63, 3.8) is 0 Å². The van der Waals surface area contributed by atoms with Crippen LogP contribution in [0.25, 0.3) is 0 Å². The molecule has 2 aromatic carbocycles. The van der Waals surface area contributed by atoms with Crippen LogP contribution in [0.1, 0.15) is 16.8 Å². The van der Waals surface area contributed by atoms with E-state index in [0.29, 0.717) is 40.7 Å². The minimum absolute atomic E-state index is 0.134. The number of rotatable bonds is 12. The number of methoxy groups -OCH3 is 3. The lowest BCUT2D eigenvalue weighted by Crippen LogP contribution is -2.36. The van der Waals surface area contributed by atoms with Gasteiger partial charge in [-0.1, -0.05) is 48.0 Å². The summed E-state index contributed by atoms with van der Waals surface area (Å²) in [7, 11) is 4.48. The summed E-state index contributed by atoms with van der Waals surface area (Å²) < 4.78 is 15.9. The molecule has 0 unspecified atom stereocenters. The zero-order valence-electron chi connectivity index (χ0n) is 21.3. The number of nitrogens with zero attached hydrogens (tertiary/aromatic N) is 3. The number of amides is 2. The van der Waals surface area contributed by atoms with Gasteiger partial charge >= 0.3 is 0 Å². The van der Waals surface area contributed by atoms with Crippen molar-refractivity contribution in [2.24, 2.45) is 0 Å². The highest BCUT2D eigenvalue weighted by Crippen LogP contribution is 2.40. The number of benzene rings is 2. The Bertz CT molecular complexity index is 1290. The Labute approximate surface area is 231 Å². The lowest BCUT2D eigenvalue weighted by atomic mass is 10.1. The fourth-order valence-corrected chi connectivity index (χ4v) is 4.33. The zero-order chi connectivity index (χ0) is 27.7. The van der Waals surface area contributed by atoms with Gasteiger partial charge in [-0.15, -0.1) is 0 Å². The monoisotopic (exact) mass is 558 g/mol. The van der Waals surface area contributed by atoms with Crippen LogP contribution in [-0.4, -0.2) is 56.3 Å². The molecule has 0 saturated carbocycles. The number of ether oxygens (including phenoxy) is 3. The van der Waals surface area contributed by atoms with E-state index in [0.717, 1.165) is 5.56 Å². The molecule has 0 atom stereocenters. The molecule has 0 bridgehead atoms. The number of hydrogen-bond donors (Lipinski definition) is 1. The molecule has 3 aromatic rings. The van der Waals surface area contributed by atoms with E-state index in [1.807, 2.05) is 18.2 Å². The molecule has 38 heavy (non-hydrogen) atoms. The summed E-state index contributed by atoms with van der Waals surface area (Å²) in [6.45, 7) is 3.99. The van der Waals surface area contributed by atoms with Gasteiger partial charge in [-0.25, -0.2) is 9.97 Å². The highest BCUT2D eigenvalue weighted by Gasteiger charge is 2.24. The van der Waals surface area contributed by atoms with Gasteiger partial charge in [-0.2, -0.15) is 0 Å². The van der Waals surface area contributed by atoms with Crippen LogP contribution in [0.4, 0.5) is 11.5 Å². The molecule has 200 valence electrons. The lowest BCUT2D eigenvalue weighted by molar-refractivity contribution is -0.118. The molecule has 1 heterocycles. The first kappa shape index (κ1) is 28.9. The first-order valence-corrected chi connectivity index (χ1v) is 12.3. The molecule has 0 aliphatic rings. The van der Waals surface area contributed by atoms with E-state index in [1.54, 1.807) is 25.3 Å². The number of para-hydroxylation sites is 1. The third-order valence-electron chi connectivity index (χ3n) is 5.63. The van der Waals surface area contributed by atoms with Crippen LogP contribution in [0.2, 0.25) is 10.0 Å². The van der Waals surface area contributed by atoms with Gasteiger partial charge in [0.1, 0.15) is 23.6 Å². The quantitative estimate of drug-likeness (QED) is 0.320. The van der Waals surface area contributed by atoms with Gasteiger partial charge in [0.2, 0.25) is 11.8 Å². The summed E-state index contributed by atoms with van der Waals surface area (Å²) >= 11 is 13.0. The molecule has 0 radical (unpaired) electrons. The molecule has 0 spiro atoms. The maximum atomic E-state index is 13.6. The Morgan fingerprint density at radius 3 is 2.37 bits per heavy atom. The first-order valence-electron chi connectivity index (χ1n) is 11.5. The standard InChI is InChI=1S/C27H28Cl2N4O5/c1-5-24(34)32-20-9-7-6-8-17(20)12-18-13-23(31-16-30-18)33(10-11-36-2)25(35)14-19-26(28)21(37-3)15-22(38-4)27(19)29/h5-9,13,15-16H,1,10-12,14H2,2-4H3,(H,32,34). The van der Waals surface area contributed by atoms with E-state index in [-0.39, 0.29) is 41.4 Å². The molecule has 2 amide bonds. The number of hydrogen-bond acceptors (Lipinski definition) is 7. The summed E-state index contributed by atoms with van der Waals surface area (Å²) in [5.74, 6) is 0.427. The van der Waals surface area contributed by atoms with E-state index in [4.69, 9.17) is 37.4 Å². The molecule has 1 aromatic heterocycles. The predicted octanol–water partition coefficient (Wildman–Crippen LogP) is 4.74. The van der Waals surface area contributed by atoms with Crippen molar-refractivity contribution in [3.05, 3.63) is 82.2 Å². The predicted molar refractivity (Wildman–Crippen MR) is 148 cm³/mol. The Kier molecular flexibility index (Phi) is 10.5. The van der Waals surface area contributed by atoms with Crippen molar-refractivity contribution in [1.82, 2.24) is 9.97 Å². The van der Waals surface area contributed by atoms with Gasteiger partial charge in [-0.05, 0) is 17.7 Å². The average molecular weight is 559 g/mol. The smallest absolute Gasteiger partial charge is 0.247 e. The normalized spacial score (nSPS) is 10.6. The average Bonchev–Trinajstić information content (AvgIpc) is 2.92. The summed E-state index contributed by atoms with van der Waals surface area (Å²) in [6, 6.07) is 10.6. The first-order chi connectivity index (χ1) is 18.3. The summed E-state index contributed by atoms with van der Waals surface area (Å²) in [6.07, 6.45) is 2.84. The van der Waals surface area contributed by atoms with Crippen LogP contribution < -0.4 is 19.7 Å². The topological polar surface area (TPSA) is 103 Å². The SMILES string of the molecule is C=CC(=O)Nc1ccccc1Cc1cc(N(CCOC)C(=O)Cc2c(Cl)c(OC)cc(OC)c2Cl)ncn1. The third-order valence-corrected chi connectivity index (χ3v) is 6.46. The third kappa shape index (κ3) is 7.00. The molecular weight excluding hydrogens is 531 g/mol. The highest BCUT2D eigenvalue weighted by molar-refractivity contribution is 6.38. The van der Waals surface area contributed by atoms with Crippen LogP contribution >= 0.6 is 23.2 Å². The number of nitrogens with one attached hydrogen (secondary N) is 1. The lowest BCUT2D eigenvalue weighted by Gasteiger charge is -2.23. The van der Waals surface area contributed by atoms with Gasteiger partial charge in [0.25, 0.3) is 0 Å². The highest BCUT2D eigenvalue weighted by atomic mass is 35.5. The van der Waals surface area contributed by atoms with Crippen LogP contribution in [-0.2, 0) is 27.2 Å². The molecule has 0 saturated heterocycles. The molecule has 3 rings (SSSR count). The minimum atomic E-state index is -0.316. The number of anilines is 2. The van der Waals surface area contributed by atoms with Gasteiger partial charge in [0.15, 0.2) is 0 Å². The van der Waals surface area contributed by atoms with Gasteiger partial charge in [0.05, 0.1) is 49.5 Å². The fourth-order valence-electron chi connectivity index (χ4n) is 3.69. The second-order valence-electron chi connectivity index (χ2n) is 8.00. The maximum absolute atomic E-state index is 13.6. The summed E-state index contributed by atoms with van der Waals surface area (Å²) in [5.41, 5.74) is 2.49. The molecule has 0 fully saturated rings. The van der Waals surface area contributed by atoms with E-state index >= 15 is 0 Å². The number of carbonyl (C=O) groups is 2. The Hall–Kier alpha value is -3.66. The fraction of sp³-hybridized carbons (Fsp3) is 0.259. The van der Waals surface area contributed by atoms with Crippen molar-refractivity contribution in [1.29, 1.82) is 0 Å². The van der Waals surface area contributed by atoms with Crippen molar-refractivity contribution in [2.75, 3.05) is 44.7 Å². The number of carbonyl (C=O) groups excluding carboxylic acids is 2. The number of halogens is 2. The molecule has 9 nitrogen and oxygen atoms in total. The maximum Gasteiger partial charge on any atom is 0.247 e. The van der Waals surface area contributed by atoms with Gasteiger partial charge in [0, 0.05) is 36.9 Å². The molecule has 1 N–H and O–H groups in total. The number of aromatic nitrogens is 2. The van der Waals surface area contributed by atoms with Crippen LogP contribution in [0.15, 0.2) is 55.4 Å². The van der Waals surface area contributed by atoms with Gasteiger partial charge in [-0.3, -0.25) is 14.5 Å². The summed E-state index contributed by atoms with van der Waals surface area (Å²) in [4.78, 5) is 35.6. The van der Waals surface area contributed by atoms with Crippen molar-refractivity contribution in [3.8, 4) is 11.5 Å². The van der Waals surface area contributed by atoms with E-state index in [9.17, 15) is 9.59 Å². The Morgan fingerprint density at radius 1 is 1.05 bits per heavy atom. The van der Waals surface area contributed by atoms with Crippen LogP contribution in [0.3, 0.4) is 0 Å². The second kappa shape index (κ2) is 13.8. The zero-order valence-corrected chi connectivity index (χ0v) is 22.8. The molecule has 0 aliphatic carbocycles. The van der Waals surface area contributed by atoms with Crippen LogP contribution in [0, 0.1) is 0 Å². The van der Waals surface area contributed by atoms with E-state index in [2.05, 4.69) is 21.9 Å². The van der Waals surface area contributed by atoms with Crippen molar-refractivity contribution < 1.29 is 23.8 Å². The largest absolute Gasteiger partial charge is 0.495 e. The molecule has 0 aliphatic heterocycles. The van der Waals surface area contributed by atoms with Gasteiger partial charge < -0.3 is 19.5 Å². The summed E-state index contributed by atoms with van der Waals surface area (Å²) in [5, 5.41) is 3.24. The van der Waals surface area contributed by atoms with Crippen molar-refractivity contribution in [2.45, 2.75) is 12.8 Å². The Morgan fingerprint density at radius 2 is 1.74 bits per heavy atom. The Balaban J connectivity index is 1.92. The van der Waals surface area contributed by atoms with E-state index < -0.39 is 0 Å². The van der Waals surface area contributed by atoms with Crippen molar-refractivity contribution >= 4 is 46.5 Å². The van der Waals surface area contributed by atoms with Crippen LogP contribution in [0.5, 0.6) is 11.5 Å². The minimum Gasteiger partial charge on any atom is -0.495 e. The van der Waals surface area contributed by atoms with E-state index in [1.165, 1.54) is 31.5 Å². The molecule has 11 heteroatoms. The molecular formula is C27H28Cl2N4O5. The second-order valence-corrected chi connectivity index (χ2v) is 8.75.